The predicted molar refractivity (Wildman–Crippen MR) is 121 cm³/mol. The Morgan fingerprint density at radius 1 is 1.23 bits per heavy atom. The summed E-state index contributed by atoms with van der Waals surface area (Å²) in [5.74, 6) is -0.236. The van der Waals surface area contributed by atoms with E-state index in [1.54, 1.807) is 29.1 Å². The fraction of sp³-hybridized carbons (Fsp3) is 0.348. The monoisotopic (exact) mass is 441 g/mol. The zero-order chi connectivity index (χ0) is 20.9. The van der Waals surface area contributed by atoms with Crippen molar-refractivity contribution in [2.24, 2.45) is 0 Å². The van der Waals surface area contributed by atoms with Crippen LogP contribution in [0, 0.1) is 0 Å². The van der Waals surface area contributed by atoms with Crippen LogP contribution < -0.4 is 5.32 Å². The minimum atomic E-state index is -0.152. The first-order valence-corrected chi connectivity index (χ1v) is 11.5. The van der Waals surface area contributed by atoms with Crippen molar-refractivity contribution in [2.75, 3.05) is 6.54 Å². The van der Waals surface area contributed by atoms with Gasteiger partial charge in [-0.25, -0.2) is 0 Å². The van der Waals surface area contributed by atoms with E-state index in [2.05, 4.69) is 10.3 Å². The molecule has 2 heterocycles. The SMILES string of the molecule is O=C(CN1C(=O)/C(=C\c2ccccc2Cl)SC2CCCCC21)NCc1cccnc1. The van der Waals surface area contributed by atoms with E-state index >= 15 is 0 Å². The number of hydrogen-bond acceptors (Lipinski definition) is 4. The molecule has 7 heteroatoms. The standard InChI is InChI=1S/C23H24ClN3O2S/c24-18-8-2-1-7-17(18)12-21-23(29)27(19-9-3-4-10-20(19)30-21)15-22(28)26-14-16-6-5-11-25-13-16/h1-2,5-8,11-13,19-20H,3-4,9-10,14-15H2,(H,26,28)/b21-12+. The quantitative estimate of drug-likeness (QED) is 0.703. The normalized spacial score (nSPS) is 22.6. The van der Waals surface area contributed by atoms with Gasteiger partial charge in [-0.1, -0.05) is 48.7 Å². The Bertz CT molecular complexity index is 950. The number of nitrogens with one attached hydrogen (secondary N) is 1. The molecule has 0 bridgehead atoms. The Kier molecular flexibility index (Phi) is 6.75. The summed E-state index contributed by atoms with van der Waals surface area (Å²) in [7, 11) is 0. The van der Waals surface area contributed by atoms with Gasteiger partial charge in [0.25, 0.3) is 5.91 Å². The fourth-order valence-corrected chi connectivity index (χ4v) is 5.66. The summed E-state index contributed by atoms with van der Waals surface area (Å²) >= 11 is 7.94. The van der Waals surface area contributed by atoms with Gasteiger partial charge in [0.2, 0.25) is 5.91 Å². The first-order valence-electron chi connectivity index (χ1n) is 10.2. The van der Waals surface area contributed by atoms with Crippen LogP contribution in [-0.2, 0) is 16.1 Å². The molecule has 1 aliphatic heterocycles. The highest BCUT2D eigenvalue weighted by molar-refractivity contribution is 8.04. The number of thioether (sulfide) groups is 1. The first-order chi connectivity index (χ1) is 14.6. The molecule has 2 amide bonds. The topological polar surface area (TPSA) is 62.3 Å². The predicted octanol–water partition coefficient (Wildman–Crippen LogP) is 4.28. The van der Waals surface area contributed by atoms with Gasteiger partial charge in [0, 0.05) is 35.3 Å². The molecular formula is C23H24ClN3O2S. The van der Waals surface area contributed by atoms with Crippen molar-refractivity contribution in [3.05, 3.63) is 69.8 Å². The van der Waals surface area contributed by atoms with Gasteiger partial charge in [0.05, 0.1) is 4.91 Å². The zero-order valence-electron chi connectivity index (χ0n) is 16.6. The summed E-state index contributed by atoms with van der Waals surface area (Å²) in [4.78, 5) is 32.4. The van der Waals surface area contributed by atoms with Crippen molar-refractivity contribution in [2.45, 2.75) is 43.5 Å². The van der Waals surface area contributed by atoms with Gasteiger partial charge in [-0.2, -0.15) is 0 Å². The number of carbonyl (C=O) groups excluding carboxylic acids is 2. The highest BCUT2D eigenvalue weighted by Gasteiger charge is 2.41. The Balaban J connectivity index is 1.51. The summed E-state index contributed by atoms with van der Waals surface area (Å²) in [6.07, 6.45) is 9.53. The molecule has 2 aromatic rings. The van der Waals surface area contributed by atoms with Gasteiger partial charge in [0.15, 0.2) is 0 Å². The molecule has 30 heavy (non-hydrogen) atoms. The number of amides is 2. The molecule has 1 N–H and O–H groups in total. The molecule has 156 valence electrons. The Morgan fingerprint density at radius 3 is 2.87 bits per heavy atom. The number of carbonyl (C=O) groups is 2. The molecule has 2 atom stereocenters. The zero-order valence-corrected chi connectivity index (χ0v) is 18.2. The van der Waals surface area contributed by atoms with Gasteiger partial charge in [-0.15, -0.1) is 11.8 Å². The van der Waals surface area contributed by atoms with Crippen LogP contribution >= 0.6 is 23.4 Å². The minimum absolute atomic E-state index is 0.0701. The number of hydrogen-bond donors (Lipinski definition) is 1. The first kappa shape index (κ1) is 20.9. The number of benzene rings is 1. The Labute approximate surface area is 185 Å². The Hall–Kier alpha value is -2.31. The number of fused-ring (bicyclic) bond motifs is 1. The van der Waals surface area contributed by atoms with Crippen molar-refractivity contribution < 1.29 is 9.59 Å². The molecule has 4 rings (SSSR count). The lowest BCUT2D eigenvalue weighted by molar-refractivity contribution is -0.135. The fourth-order valence-electron chi connectivity index (χ4n) is 4.01. The second kappa shape index (κ2) is 9.67. The highest BCUT2D eigenvalue weighted by atomic mass is 35.5. The van der Waals surface area contributed by atoms with E-state index in [9.17, 15) is 9.59 Å². The molecular weight excluding hydrogens is 418 g/mol. The molecule has 1 saturated carbocycles. The largest absolute Gasteiger partial charge is 0.350 e. The van der Waals surface area contributed by atoms with E-state index in [0.717, 1.165) is 36.8 Å². The van der Waals surface area contributed by atoms with E-state index in [4.69, 9.17) is 11.6 Å². The van der Waals surface area contributed by atoms with Gasteiger partial charge in [-0.3, -0.25) is 14.6 Å². The molecule has 2 fully saturated rings. The van der Waals surface area contributed by atoms with E-state index in [1.165, 1.54) is 0 Å². The third-order valence-electron chi connectivity index (χ3n) is 5.54. The maximum Gasteiger partial charge on any atom is 0.261 e. The van der Waals surface area contributed by atoms with E-state index in [-0.39, 0.29) is 24.4 Å². The molecule has 2 aliphatic rings. The number of nitrogens with zero attached hydrogens (tertiary/aromatic N) is 2. The summed E-state index contributed by atoms with van der Waals surface area (Å²) in [5, 5.41) is 3.85. The van der Waals surface area contributed by atoms with Crippen LogP contribution in [0.5, 0.6) is 0 Å². The summed E-state index contributed by atoms with van der Waals surface area (Å²) in [6, 6.07) is 11.4. The number of pyridine rings is 1. The van der Waals surface area contributed by atoms with Crippen LogP contribution in [0.4, 0.5) is 0 Å². The third kappa shape index (κ3) is 4.87. The van der Waals surface area contributed by atoms with Crippen LogP contribution in [0.2, 0.25) is 5.02 Å². The summed E-state index contributed by atoms with van der Waals surface area (Å²) in [5.41, 5.74) is 1.76. The van der Waals surface area contributed by atoms with Crippen LogP contribution in [0.15, 0.2) is 53.7 Å². The van der Waals surface area contributed by atoms with Crippen molar-refractivity contribution in [3.63, 3.8) is 0 Å². The second-order valence-electron chi connectivity index (χ2n) is 7.61. The van der Waals surface area contributed by atoms with Crippen molar-refractivity contribution in [1.82, 2.24) is 15.2 Å². The average Bonchev–Trinajstić information content (AvgIpc) is 2.77. The van der Waals surface area contributed by atoms with Crippen molar-refractivity contribution in [3.8, 4) is 0 Å². The smallest absolute Gasteiger partial charge is 0.261 e. The lowest BCUT2D eigenvalue weighted by Crippen LogP contribution is -2.54. The number of aromatic nitrogens is 1. The van der Waals surface area contributed by atoms with E-state index in [0.29, 0.717) is 21.7 Å². The maximum absolute atomic E-state index is 13.3. The van der Waals surface area contributed by atoms with E-state index < -0.39 is 0 Å². The lowest BCUT2D eigenvalue weighted by Gasteiger charge is -2.43. The lowest BCUT2D eigenvalue weighted by atomic mass is 9.93. The van der Waals surface area contributed by atoms with Crippen LogP contribution in [0.3, 0.4) is 0 Å². The van der Waals surface area contributed by atoms with Crippen molar-refractivity contribution >= 4 is 41.3 Å². The van der Waals surface area contributed by atoms with Gasteiger partial charge in [0.1, 0.15) is 6.54 Å². The summed E-state index contributed by atoms with van der Waals surface area (Å²) in [6.45, 7) is 0.473. The van der Waals surface area contributed by atoms with Crippen LogP contribution in [0.1, 0.15) is 36.8 Å². The highest BCUT2D eigenvalue weighted by Crippen LogP contribution is 2.42. The molecule has 1 saturated heterocycles. The Morgan fingerprint density at radius 2 is 2.07 bits per heavy atom. The van der Waals surface area contributed by atoms with Gasteiger partial charge >= 0.3 is 0 Å². The molecule has 1 aliphatic carbocycles. The number of rotatable bonds is 5. The molecule has 0 spiro atoms. The van der Waals surface area contributed by atoms with Crippen LogP contribution in [0.25, 0.3) is 6.08 Å². The summed E-state index contributed by atoms with van der Waals surface area (Å²) < 4.78 is 0. The number of halogens is 1. The van der Waals surface area contributed by atoms with Gasteiger partial charge < -0.3 is 10.2 Å². The molecule has 1 aromatic heterocycles. The molecule has 5 nitrogen and oxygen atoms in total. The third-order valence-corrected chi connectivity index (χ3v) is 7.28. The van der Waals surface area contributed by atoms with E-state index in [1.807, 2.05) is 42.5 Å². The average molecular weight is 442 g/mol. The molecule has 2 unspecified atom stereocenters. The maximum atomic E-state index is 13.3. The van der Waals surface area contributed by atoms with Gasteiger partial charge in [-0.05, 0) is 42.2 Å². The molecule has 1 aromatic carbocycles. The van der Waals surface area contributed by atoms with Crippen LogP contribution in [-0.4, -0.2) is 39.5 Å². The minimum Gasteiger partial charge on any atom is -0.350 e. The second-order valence-corrected chi connectivity index (χ2v) is 9.30. The van der Waals surface area contributed by atoms with Crippen molar-refractivity contribution in [1.29, 1.82) is 0 Å². The molecule has 0 radical (unpaired) electrons.